The molecular formula is C20H20ClN5O2. The van der Waals surface area contributed by atoms with Gasteiger partial charge in [-0.1, -0.05) is 11.6 Å². The van der Waals surface area contributed by atoms with Crippen molar-refractivity contribution in [3.63, 3.8) is 0 Å². The fraction of sp³-hybridized carbons (Fsp3) is 0.150. The molecule has 0 bridgehead atoms. The van der Waals surface area contributed by atoms with Gasteiger partial charge in [0.05, 0.1) is 17.7 Å². The zero-order chi connectivity index (χ0) is 20.1. The van der Waals surface area contributed by atoms with E-state index in [0.29, 0.717) is 28.0 Å². The molecule has 0 radical (unpaired) electrons. The van der Waals surface area contributed by atoms with Crippen molar-refractivity contribution in [2.75, 3.05) is 36.7 Å². The predicted molar refractivity (Wildman–Crippen MR) is 112 cm³/mol. The van der Waals surface area contributed by atoms with Crippen LogP contribution >= 0.6 is 11.6 Å². The summed E-state index contributed by atoms with van der Waals surface area (Å²) < 4.78 is 5.10. The molecule has 7 nitrogen and oxygen atoms in total. The highest BCUT2D eigenvalue weighted by molar-refractivity contribution is 6.32. The molecule has 8 heteroatoms. The molecule has 28 heavy (non-hydrogen) atoms. The Hall–Kier alpha value is -3.32. The van der Waals surface area contributed by atoms with Crippen molar-refractivity contribution in [2.45, 2.75) is 0 Å². The number of carbonyl (C=O) groups is 1. The van der Waals surface area contributed by atoms with Crippen LogP contribution in [0.25, 0.3) is 0 Å². The van der Waals surface area contributed by atoms with Gasteiger partial charge in [0.1, 0.15) is 5.75 Å². The third-order valence-corrected chi connectivity index (χ3v) is 4.26. The van der Waals surface area contributed by atoms with Crippen molar-refractivity contribution >= 4 is 40.5 Å². The molecule has 1 heterocycles. The normalized spacial score (nSPS) is 10.3. The van der Waals surface area contributed by atoms with Gasteiger partial charge < -0.3 is 20.3 Å². The van der Waals surface area contributed by atoms with Crippen molar-refractivity contribution in [3.05, 3.63) is 65.4 Å². The van der Waals surface area contributed by atoms with E-state index in [4.69, 9.17) is 16.3 Å². The monoisotopic (exact) mass is 397 g/mol. The van der Waals surface area contributed by atoms with E-state index in [1.807, 2.05) is 43.3 Å². The molecule has 0 unspecified atom stereocenters. The highest BCUT2D eigenvalue weighted by Gasteiger charge is 2.10. The van der Waals surface area contributed by atoms with Crippen molar-refractivity contribution in [2.24, 2.45) is 0 Å². The van der Waals surface area contributed by atoms with Gasteiger partial charge in [0.15, 0.2) is 0 Å². The van der Waals surface area contributed by atoms with E-state index < -0.39 is 0 Å². The first kappa shape index (κ1) is 19.4. The Morgan fingerprint density at radius 1 is 1.04 bits per heavy atom. The minimum atomic E-state index is -0.330. The lowest BCUT2D eigenvalue weighted by Gasteiger charge is -2.13. The number of aromatic nitrogens is 2. The summed E-state index contributed by atoms with van der Waals surface area (Å²) in [5.41, 5.74) is 2.84. The largest absolute Gasteiger partial charge is 0.495 e. The zero-order valence-electron chi connectivity index (χ0n) is 15.7. The molecule has 3 rings (SSSR count). The van der Waals surface area contributed by atoms with E-state index in [1.165, 1.54) is 19.5 Å². The van der Waals surface area contributed by atoms with E-state index >= 15 is 0 Å². The van der Waals surface area contributed by atoms with E-state index in [2.05, 4.69) is 20.6 Å². The van der Waals surface area contributed by atoms with Crippen LogP contribution in [0.5, 0.6) is 5.75 Å². The van der Waals surface area contributed by atoms with Crippen LogP contribution in [0.2, 0.25) is 5.02 Å². The maximum Gasteiger partial charge on any atom is 0.258 e. The molecule has 1 amide bonds. The summed E-state index contributed by atoms with van der Waals surface area (Å²) in [6, 6.07) is 12.9. The Bertz CT molecular complexity index is 959. The number of nitrogens with zero attached hydrogens (tertiary/aromatic N) is 3. The highest BCUT2D eigenvalue weighted by Crippen LogP contribution is 2.27. The minimum Gasteiger partial charge on any atom is -0.495 e. The Labute approximate surface area is 168 Å². The van der Waals surface area contributed by atoms with Gasteiger partial charge in [-0.05, 0) is 42.5 Å². The second-order valence-electron chi connectivity index (χ2n) is 6.17. The average Bonchev–Trinajstić information content (AvgIpc) is 2.69. The summed E-state index contributed by atoms with van der Waals surface area (Å²) in [5, 5.41) is 6.27. The number of amides is 1. The van der Waals surface area contributed by atoms with Crippen molar-refractivity contribution in [1.29, 1.82) is 0 Å². The van der Waals surface area contributed by atoms with Gasteiger partial charge in [-0.25, -0.2) is 9.97 Å². The van der Waals surface area contributed by atoms with Crippen LogP contribution in [-0.4, -0.2) is 37.1 Å². The van der Waals surface area contributed by atoms with Crippen molar-refractivity contribution in [1.82, 2.24) is 9.97 Å². The number of benzene rings is 2. The van der Waals surface area contributed by atoms with Crippen LogP contribution in [0.3, 0.4) is 0 Å². The second-order valence-corrected chi connectivity index (χ2v) is 6.57. The van der Waals surface area contributed by atoms with Gasteiger partial charge in [0, 0.05) is 43.6 Å². The molecule has 144 valence electrons. The van der Waals surface area contributed by atoms with Gasteiger partial charge in [-0.2, -0.15) is 0 Å². The summed E-state index contributed by atoms with van der Waals surface area (Å²) >= 11 is 6.07. The van der Waals surface area contributed by atoms with Crippen LogP contribution in [0, 0.1) is 0 Å². The molecule has 0 aliphatic rings. The first-order valence-corrected chi connectivity index (χ1v) is 8.85. The molecule has 2 aromatic carbocycles. The maximum atomic E-state index is 12.4. The molecule has 3 aromatic rings. The van der Waals surface area contributed by atoms with Crippen molar-refractivity contribution in [3.8, 4) is 5.75 Å². The van der Waals surface area contributed by atoms with Gasteiger partial charge >= 0.3 is 0 Å². The Balaban J connectivity index is 1.64. The van der Waals surface area contributed by atoms with Crippen LogP contribution in [-0.2, 0) is 0 Å². The summed E-state index contributed by atoms with van der Waals surface area (Å²) in [6.07, 6.45) is 2.92. The van der Waals surface area contributed by atoms with E-state index in [-0.39, 0.29) is 5.91 Å². The second kappa shape index (κ2) is 8.58. The Morgan fingerprint density at radius 3 is 2.25 bits per heavy atom. The number of methoxy groups -OCH3 is 1. The summed E-state index contributed by atoms with van der Waals surface area (Å²) in [7, 11) is 5.49. The van der Waals surface area contributed by atoms with Gasteiger partial charge in [-0.15, -0.1) is 0 Å². The van der Waals surface area contributed by atoms with E-state index in [9.17, 15) is 4.79 Å². The summed E-state index contributed by atoms with van der Waals surface area (Å²) in [6.45, 7) is 0. The molecule has 0 atom stereocenters. The first-order chi connectivity index (χ1) is 13.5. The SMILES string of the molecule is COc1ccc(NC(=O)c2cnc(Nc3ccc(N(C)C)cc3)nc2)cc1Cl. The smallest absolute Gasteiger partial charge is 0.258 e. The molecule has 0 aliphatic heterocycles. The van der Waals surface area contributed by atoms with Crippen LogP contribution < -0.4 is 20.3 Å². The summed E-state index contributed by atoms with van der Waals surface area (Å²) in [4.78, 5) is 22.8. The average molecular weight is 398 g/mol. The molecule has 0 aliphatic carbocycles. The number of halogens is 1. The molecule has 0 saturated carbocycles. The third kappa shape index (κ3) is 4.69. The number of anilines is 4. The fourth-order valence-corrected chi connectivity index (χ4v) is 2.69. The van der Waals surface area contributed by atoms with Crippen molar-refractivity contribution < 1.29 is 9.53 Å². The van der Waals surface area contributed by atoms with Crippen LogP contribution in [0.15, 0.2) is 54.9 Å². The quantitative estimate of drug-likeness (QED) is 0.649. The molecule has 0 saturated heterocycles. The van der Waals surface area contributed by atoms with Gasteiger partial charge in [0.2, 0.25) is 5.95 Å². The molecule has 1 aromatic heterocycles. The number of nitrogens with one attached hydrogen (secondary N) is 2. The number of hydrogen-bond acceptors (Lipinski definition) is 6. The molecule has 0 fully saturated rings. The molecular weight excluding hydrogens is 378 g/mol. The Kier molecular flexibility index (Phi) is 5.96. The van der Waals surface area contributed by atoms with Gasteiger partial charge in [-0.3, -0.25) is 4.79 Å². The lowest BCUT2D eigenvalue weighted by atomic mass is 10.2. The van der Waals surface area contributed by atoms with Gasteiger partial charge in [0.25, 0.3) is 5.91 Å². The third-order valence-electron chi connectivity index (χ3n) is 3.96. The number of hydrogen-bond donors (Lipinski definition) is 2. The van der Waals surface area contributed by atoms with E-state index in [0.717, 1.165) is 11.4 Å². The molecule has 0 spiro atoms. The maximum absolute atomic E-state index is 12.4. The first-order valence-electron chi connectivity index (χ1n) is 8.47. The highest BCUT2D eigenvalue weighted by atomic mass is 35.5. The number of ether oxygens (including phenoxy) is 1. The topological polar surface area (TPSA) is 79.4 Å². The predicted octanol–water partition coefficient (Wildman–Crippen LogP) is 4.20. The number of rotatable bonds is 6. The minimum absolute atomic E-state index is 0.330. The fourth-order valence-electron chi connectivity index (χ4n) is 2.43. The lowest BCUT2D eigenvalue weighted by molar-refractivity contribution is 0.102. The zero-order valence-corrected chi connectivity index (χ0v) is 16.5. The lowest BCUT2D eigenvalue weighted by Crippen LogP contribution is -2.13. The summed E-state index contributed by atoms with van der Waals surface area (Å²) in [5.74, 6) is 0.613. The van der Waals surface area contributed by atoms with E-state index in [1.54, 1.807) is 18.2 Å². The number of carbonyl (C=O) groups excluding carboxylic acids is 1. The van der Waals surface area contributed by atoms with Crippen LogP contribution in [0.4, 0.5) is 23.0 Å². The standard InChI is InChI=1S/C20H20ClN5O2/c1-26(2)16-7-4-14(5-8-16)25-20-22-11-13(12-23-20)19(27)24-15-6-9-18(28-3)17(21)10-15/h4-12H,1-3H3,(H,24,27)(H,22,23,25). The van der Waals surface area contributed by atoms with Crippen LogP contribution in [0.1, 0.15) is 10.4 Å². The Morgan fingerprint density at radius 2 is 1.68 bits per heavy atom. The molecule has 2 N–H and O–H groups in total.